The molecule has 4 heteroatoms. The van der Waals surface area contributed by atoms with Gasteiger partial charge < -0.3 is 10.2 Å². The fourth-order valence-corrected chi connectivity index (χ4v) is 2.02. The quantitative estimate of drug-likeness (QED) is 0.835. The maximum atomic E-state index is 11.1. The maximum Gasteiger partial charge on any atom is 0.335 e. The molecule has 0 aliphatic carbocycles. The van der Waals surface area contributed by atoms with E-state index in [0.717, 1.165) is 11.1 Å². The summed E-state index contributed by atoms with van der Waals surface area (Å²) in [5, 5.41) is 17.9. The third kappa shape index (κ3) is 3.15. The van der Waals surface area contributed by atoms with Crippen molar-refractivity contribution in [2.24, 2.45) is 0 Å². The van der Waals surface area contributed by atoms with E-state index in [1.807, 2.05) is 6.92 Å². The molecule has 4 nitrogen and oxygen atoms in total. The van der Waals surface area contributed by atoms with Gasteiger partial charge in [-0.05, 0) is 61.4 Å². The predicted octanol–water partition coefficient (Wildman–Crippen LogP) is 3.10. The van der Waals surface area contributed by atoms with Crippen molar-refractivity contribution < 1.29 is 19.8 Å². The van der Waals surface area contributed by atoms with Crippen molar-refractivity contribution in [2.75, 3.05) is 0 Å². The summed E-state index contributed by atoms with van der Waals surface area (Å²) in [6.45, 7) is 3.59. The van der Waals surface area contributed by atoms with E-state index in [1.165, 1.54) is 12.1 Å². The Labute approximate surface area is 128 Å². The number of hydrogen-bond donors (Lipinski definition) is 2. The second-order valence-electron chi connectivity index (χ2n) is 4.85. The van der Waals surface area contributed by atoms with Crippen LogP contribution in [0.3, 0.4) is 0 Å². The number of carboxylic acids is 2. The molecule has 0 atom stereocenters. The van der Waals surface area contributed by atoms with Crippen LogP contribution >= 0.6 is 0 Å². The van der Waals surface area contributed by atoms with E-state index in [1.54, 1.807) is 31.2 Å². The minimum Gasteiger partial charge on any atom is -0.478 e. The minimum atomic E-state index is -0.977. The molecule has 0 saturated carbocycles. The molecule has 2 aromatic rings. The third-order valence-electron chi connectivity index (χ3n) is 3.49. The second kappa shape index (κ2) is 6.15. The van der Waals surface area contributed by atoms with Gasteiger partial charge in [0.15, 0.2) is 0 Å². The second-order valence-corrected chi connectivity index (χ2v) is 4.85. The van der Waals surface area contributed by atoms with Crippen LogP contribution < -0.4 is 0 Å². The summed E-state index contributed by atoms with van der Waals surface area (Å²) in [4.78, 5) is 21.8. The average molecular weight is 294 g/mol. The minimum absolute atomic E-state index is 0.211. The van der Waals surface area contributed by atoms with Crippen LogP contribution in [-0.2, 0) is 0 Å². The van der Waals surface area contributed by atoms with Crippen LogP contribution in [-0.4, -0.2) is 22.2 Å². The molecule has 0 fully saturated rings. The Morgan fingerprint density at radius 3 is 2.00 bits per heavy atom. The summed E-state index contributed by atoms with van der Waals surface area (Å²) in [5.41, 5.74) is 3.46. The SMILES string of the molecule is Cc1c(C#Cc2ccc(C(=O)O)cc2)ccc(C(=O)O)c1C. The zero-order valence-electron chi connectivity index (χ0n) is 12.2. The van der Waals surface area contributed by atoms with Crippen LogP contribution in [0.5, 0.6) is 0 Å². The highest BCUT2D eigenvalue weighted by Gasteiger charge is 2.10. The Morgan fingerprint density at radius 1 is 0.818 bits per heavy atom. The van der Waals surface area contributed by atoms with Crippen molar-refractivity contribution >= 4 is 11.9 Å². The van der Waals surface area contributed by atoms with Gasteiger partial charge in [-0.2, -0.15) is 0 Å². The first-order valence-corrected chi connectivity index (χ1v) is 6.59. The van der Waals surface area contributed by atoms with Crippen LogP contribution in [0.25, 0.3) is 0 Å². The third-order valence-corrected chi connectivity index (χ3v) is 3.49. The van der Waals surface area contributed by atoms with Gasteiger partial charge in [-0.3, -0.25) is 0 Å². The Bertz CT molecular complexity index is 805. The van der Waals surface area contributed by atoms with Gasteiger partial charge in [-0.15, -0.1) is 0 Å². The molecule has 0 aliphatic heterocycles. The molecule has 0 heterocycles. The monoisotopic (exact) mass is 294 g/mol. The van der Waals surface area contributed by atoms with Crippen LogP contribution in [0.4, 0.5) is 0 Å². The fourth-order valence-electron chi connectivity index (χ4n) is 2.02. The lowest BCUT2D eigenvalue weighted by molar-refractivity contribution is 0.0685. The van der Waals surface area contributed by atoms with Gasteiger partial charge in [0, 0.05) is 11.1 Å². The molecule has 0 saturated heterocycles. The molecule has 2 N–H and O–H groups in total. The van der Waals surface area contributed by atoms with Gasteiger partial charge in [-0.1, -0.05) is 11.8 Å². The summed E-state index contributed by atoms with van der Waals surface area (Å²) in [6, 6.07) is 9.51. The summed E-state index contributed by atoms with van der Waals surface area (Å²) in [6.07, 6.45) is 0. The maximum absolute atomic E-state index is 11.1. The lowest BCUT2D eigenvalue weighted by Gasteiger charge is -2.06. The van der Waals surface area contributed by atoms with Gasteiger partial charge in [0.2, 0.25) is 0 Å². The first-order chi connectivity index (χ1) is 10.4. The van der Waals surface area contributed by atoms with Crippen LogP contribution in [0.1, 0.15) is 43.0 Å². The van der Waals surface area contributed by atoms with E-state index in [-0.39, 0.29) is 11.1 Å². The molecule has 0 radical (unpaired) electrons. The van der Waals surface area contributed by atoms with Gasteiger partial charge >= 0.3 is 11.9 Å². The Kier molecular flexibility index (Phi) is 4.28. The Balaban J connectivity index is 2.34. The first kappa shape index (κ1) is 15.3. The van der Waals surface area contributed by atoms with E-state index in [4.69, 9.17) is 10.2 Å². The van der Waals surface area contributed by atoms with Crippen LogP contribution in [0.15, 0.2) is 36.4 Å². The van der Waals surface area contributed by atoms with E-state index in [0.29, 0.717) is 11.1 Å². The topological polar surface area (TPSA) is 74.6 Å². The number of rotatable bonds is 2. The van der Waals surface area contributed by atoms with Crippen molar-refractivity contribution in [3.05, 3.63) is 69.8 Å². The zero-order chi connectivity index (χ0) is 16.3. The van der Waals surface area contributed by atoms with Gasteiger partial charge in [0.1, 0.15) is 0 Å². The van der Waals surface area contributed by atoms with E-state index in [9.17, 15) is 9.59 Å². The number of hydrogen-bond acceptors (Lipinski definition) is 2. The predicted molar refractivity (Wildman–Crippen MR) is 82.3 cm³/mol. The molecule has 0 bridgehead atoms. The molecule has 0 aliphatic rings. The normalized spacial score (nSPS) is 9.73. The number of aromatic carboxylic acids is 2. The fraction of sp³-hybridized carbons (Fsp3) is 0.111. The molecule has 0 unspecified atom stereocenters. The lowest BCUT2D eigenvalue weighted by Crippen LogP contribution is -2.02. The molecule has 0 spiro atoms. The standard InChI is InChI=1S/C18H14O4/c1-11-12(2)16(18(21)22)10-9-14(11)6-3-13-4-7-15(8-5-13)17(19)20/h4-5,7-10H,1-2H3,(H,19,20)(H,21,22). The van der Waals surface area contributed by atoms with Gasteiger partial charge in [0.25, 0.3) is 0 Å². The molecular weight excluding hydrogens is 280 g/mol. The van der Waals surface area contributed by atoms with Crippen molar-refractivity contribution in [3.8, 4) is 11.8 Å². The largest absolute Gasteiger partial charge is 0.478 e. The van der Waals surface area contributed by atoms with Gasteiger partial charge in [0.05, 0.1) is 11.1 Å². The Morgan fingerprint density at radius 2 is 1.45 bits per heavy atom. The number of benzene rings is 2. The van der Waals surface area contributed by atoms with E-state index < -0.39 is 11.9 Å². The van der Waals surface area contributed by atoms with Crippen molar-refractivity contribution in [1.29, 1.82) is 0 Å². The van der Waals surface area contributed by atoms with E-state index in [2.05, 4.69) is 11.8 Å². The highest BCUT2D eigenvalue weighted by atomic mass is 16.4. The van der Waals surface area contributed by atoms with Crippen LogP contribution in [0.2, 0.25) is 0 Å². The lowest BCUT2D eigenvalue weighted by atomic mass is 9.98. The average Bonchev–Trinajstić information content (AvgIpc) is 2.48. The van der Waals surface area contributed by atoms with Gasteiger partial charge in [-0.25, -0.2) is 9.59 Å². The molecule has 2 rings (SSSR count). The smallest absolute Gasteiger partial charge is 0.335 e. The van der Waals surface area contributed by atoms with E-state index >= 15 is 0 Å². The first-order valence-electron chi connectivity index (χ1n) is 6.59. The Hall–Kier alpha value is -3.06. The molecule has 2 aromatic carbocycles. The van der Waals surface area contributed by atoms with Crippen LogP contribution in [0, 0.1) is 25.7 Å². The zero-order valence-corrected chi connectivity index (χ0v) is 12.2. The molecule has 0 amide bonds. The highest BCUT2D eigenvalue weighted by molar-refractivity contribution is 5.90. The summed E-state index contributed by atoms with van der Waals surface area (Å²) in [7, 11) is 0. The molecule has 0 aromatic heterocycles. The summed E-state index contributed by atoms with van der Waals surface area (Å²) < 4.78 is 0. The van der Waals surface area contributed by atoms with Crippen molar-refractivity contribution in [3.63, 3.8) is 0 Å². The highest BCUT2D eigenvalue weighted by Crippen LogP contribution is 2.17. The molecular formula is C18H14O4. The molecule has 110 valence electrons. The number of carboxylic acid groups (broad SMARTS) is 2. The molecule has 22 heavy (non-hydrogen) atoms. The van der Waals surface area contributed by atoms with Crippen molar-refractivity contribution in [2.45, 2.75) is 13.8 Å². The summed E-state index contributed by atoms with van der Waals surface area (Å²) in [5.74, 6) is 4.02. The summed E-state index contributed by atoms with van der Waals surface area (Å²) >= 11 is 0. The number of carbonyl (C=O) groups is 2. The van der Waals surface area contributed by atoms with Crippen molar-refractivity contribution in [1.82, 2.24) is 0 Å².